The maximum Gasteiger partial charge on any atom is 0.408 e. The van der Waals surface area contributed by atoms with Crippen molar-refractivity contribution in [2.45, 2.75) is 62.4 Å². The summed E-state index contributed by atoms with van der Waals surface area (Å²) in [6.07, 6.45) is 3.97. The lowest BCUT2D eigenvalue weighted by atomic mass is 9.75. The third-order valence-corrected chi connectivity index (χ3v) is 7.69. The normalized spacial score (nSPS) is 22.6. The summed E-state index contributed by atoms with van der Waals surface area (Å²) >= 11 is 0. The molecule has 0 spiro atoms. The van der Waals surface area contributed by atoms with Gasteiger partial charge >= 0.3 is 12.1 Å². The van der Waals surface area contributed by atoms with Crippen LogP contribution in [0.4, 0.5) is 4.79 Å². The second-order valence-electron chi connectivity index (χ2n) is 9.76. The van der Waals surface area contributed by atoms with E-state index in [0.29, 0.717) is 25.7 Å². The van der Waals surface area contributed by atoms with Gasteiger partial charge in [0.2, 0.25) is 5.91 Å². The molecule has 0 aromatic heterocycles. The summed E-state index contributed by atoms with van der Waals surface area (Å²) < 4.78 is 5.65. The number of hydrogen-bond donors (Lipinski definition) is 3. The fourth-order valence-electron chi connectivity index (χ4n) is 5.64. The van der Waals surface area contributed by atoms with Gasteiger partial charge in [-0.25, -0.2) is 4.79 Å². The second kappa shape index (κ2) is 9.12. The van der Waals surface area contributed by atoms with Crippen molar-refractivity contribution in [1.29, 1.82) is 0 Å². The van der Waals surface area contributed by atoms with Crippen molar-refractivity contribution in [2.24, 2.45) is 5.92 Å². The topological polar surface area (TPSA) is 105 Å². The summed E-state index contributed by atoms with van der Waals surface area (Å²) in [6, 6.07) is 16.1. The molecular formula is C27H30N2O5. The van der Waals surface area contributed by atoms with E-state index in [1.165, 1.54) is 0 Å². The molecule has 3 N–H and O–H groups in total. The van der Waals surface area contributed by atoms with Crippen LogP contribution in [-0.4, -0.2) is 41.3 Å². The Morgan fingerprint density at radius 1 is 0.941 bits per heavy atom. The number of carboxylic acids is 1. The molecule has 2 fully saturated rings. The molecule has 178 valence electrons. The van der Waals surface area contributed by atoms with Crippen LogP contribution < -0.4 is 10.6 Å². The highest BCUT2D eigenvalue weighted by Gasteiger charge is 2.47. The van der Waals surface area contributed by atoms with E-state index in [9.17, 15) is 19.5 Å². The predicted octanol–water partition coefficient (Wildman–Crippen LogP) is 4.21. The maximum atomic E-state index is 13.1. The molecule has 0 saturated heterocycles. The van der Waals surface area contributed by atoms with Crippen molar-refractivity contribution < 1.29 is 24.2 Å². The monoisotopic (exact) mass is 462 g/mol. The first kappa shape index (κ1) is 22.4. The molecule has 2 atom stereocenters. The number of hydrogen-bond acceptors (Lipinski definition) is 4. The van der Waals surface area contributed by atoms with E-state index >= 15 is 0 Å². The maximum absolute atomic E-state index is 13.1. The van der Waals surface area contributed by atoms with Gasteiger partial charge in [0.15, 0.2) is 0 Å². The quantitative estimate of drug-likeness (QED) is 0.597. The Bertz CT molecular complexity index is 1060. The standard InChI is InChI=1S/C27H30N2O5/c30-24(31)17-7-5-8-18(15-17)28-25(32)27(13-6-14-27)29-26(33)34-16-23-21-11-3-1-9-19(21)20-10-2-4-12-22(20)23/h1-4,9-12,17-18,23H,5-8,13-16H2,(H,28,32)(H,29,33)(H,30,31)/t17-,18-/m1/s1. The Kier molecular flexibility index (Phi) is 6.02. The highest BCUT2D eigenvalue weighted by atomic mass is 16.5. The van der Waals surface area contributed by atoms with E-state index in [1.54, 1.807) is 0 Å². The van der Waals surface area contributed by atoms with Crippen molar-refractivity contribution in [2.75, 3.05) is 6.61 Å². The van der Waals surface area contributed by atoms with Crippen LogP contribution in [-0.2, 0) is 14.3 Å². The van der Waals surface area contributed by atoms with Gasteiger partial charge < -0.3 is 20.5 Å². The largest absolute Gasteiger partial charge is 0.481 e. The number of carbonyl (C=O) groups is 3. The molecule has 34 heavy (non-hydrogen) atoms. The molecule has 2 aromatic carbocycles. The molecule has 0 radical (unpaired) electrons. The van der Waals surface area contributed by atoms with Gasteiger partial charge in [0, 0.05) is 12.0 Å². The van der Waals surface area contributed by atoms with Gasteiger partial charge in [-0.2, -0.15) is 0 Å². The van der Waals surface area contributed by atoms with Crippen LogP contribution in [0.1, 0.15) is 62.0 Å². The molecule has 2 amide bonds. The number of aliphatic carboxylic acids is 1. The third-order valence-electron chi connectivity index (χ3n) is 7.69. The number of ether oxygens (including phenoxy) is 1. The highest BCUT2D eigenvalue weighted by Crippen LogP contribution is 2.44. The Labute approximate surface area is 198 Å². The van der Waals surface area contributed by atoms with Crippen LogP contribution in [0.3, 0.4) is 0 Å². The van der Waals surface area contributed by atoms with Crippen LogP contribution in [0.15, 0.2) is 48.5 Å². The van der Waals surface area contributed by atoms with E-state index in [0.717, 1.165) is 41.5 Å². The molecule has 5 rings (SSSR count). The van der Waals surface area contributed by atoms with Crippen LogP contribution in [0.5, 0.6) is 0 Å². The van der Waals surface area contributed by atoms with Gasteiger partial charge in [-0.3, -0.25) is 9.59 Å². The van der Waals surface area contributed by atoms with Crippen molar-refractivity contribution in [3.05, 3.63) is 59.7 Å². The minimum atomic E-state index is -0.973. The Balaban J connectivity index is 1.21. The number of carbonyl (C=O) groups excluding carboxylic acids is 2. The number of amides is 2. The number of alkyl carbamates (subject to hydrolysis) is 1. The van der Waals surface area contributed by atoms with Gasteiger partial charge in [0.25, 0.3) is 0 Å². The zero-order chi connectivity index (χ0) is 23.7. The molecule has 0 bridgehead atoms. The summed E-state index contributed by atoms with van der Waals surface area (Å²) in [4.78, 5) is 37.2. The van der Waals surface area contributed by atoms with Crippen molar-refractivity contribution >= 4 is 18.0 Å². The third kappa shape index (κ3) is 4.15. The molecule has 0 unspecified atom stereocenters. The van der Waals surface area contributed by atoms with E-state index in [-0.39, 0.29) is 24.5 Å². The van der Waals surface area contributed by atoms with Gasteiger partial charge in [-0.1, -0.05) is 55.0 Å². The number of nitrogens with one attached hydrogen (secondary N) is 2. The lowest BCUT2D eigenvalue weighted by molar-refractivity contribution is -0.143. The molecule has 2 aromatic rings. The SMILES string of the molecule is O=C(NC1(C(=O)N[C@@H]2CCC[C@@H](C(=O)O)C2)CCC1)OCC1c2ccccc2-c2ccccc21. The fraction of sp³-hybridized carbons (Fsp3) is 0.444. The van der Waals surface area contributed by atoms with Crippen molar-refractivity contribution in [1.82, 2.24) is 10.6 Å². The zero-order valence-corrected chi connectivity index (χ0v) is 19.1. The van der Waals surface area contributed by atoms with E-state index in [4.69, 9.17) is 4.74 Å². The molecule has 7 nitrogen and oxygen atoms in total. The Morgan fingerprint density at radius 3 is 2.18 bits per heavy atom. The van der Waals surface area contributed by atoms with Crippen LogP contribution in [0.25, 0.3) is 11.1 Å². The zero-order valence-electron chi connectivity index (χ0n) is 19.1. The number of rotatable bonds is 6. The first-order valence-corrected chi connectivity index (χ1v) is 12.1. The fourth-order valence-corrected chi connectivity index (χ4v) is 5.64. The first-order valence-electron chi connectivity index (χ1n) is 12.1. The Morgan fingerprint density at radius 2 is 1.59 bits per heavy atom. The molecule has 0 aliphatic heterocycles. The van der Waals surface area contributed by atoms with Gasteiger partial charge in [-0.15, -0.1) is 0 Å². The lowest BCUT2D eigenvalue weighted by Gasteiger charge is -2.41. The van der Waals surface area contributed by atoms with E-state index in [2.05, 4.69) is 34.9 Å². The minimum absolute atomic E-state index is 0.0421. The summed E-state index contributed by atoms with van der Waals surface area (Å²) in [5.41, 5.74) is 3.62. The average molecular weight is 463 g/mol. The molecule has 3 aliphatic rings. The Hall–Kier alpha value is -3.35. The van der Waals surface area contributed by atoms with Crippen molar-refractivity contribution in [3.8, 4) is 11.1 Å². The average Bonchev–Trinajstić information content (AvgIpc) is 3.14. The van der Waals surface area contributed by atoms with Crippen LogP contribution in [0.2, 0.25) is 0 Å². The summed E-state index contributed by atoms with van der Waals surface area (Å²) in [5, 5.41) is 15.1. The highest BCUT2D eigenvalue weighted by molar-refractivity contribution is 5.91. The molecule has 0 heterocycles. The minimum Gasteiger partial charge on any atom is -0.481 e. The summed E-state index contributed by atoms with van der Waals surface area (Å²) in [6.45, 7) is 0.195. The van der Waals surface area contributed by atoms with Crippen molar-refractivity contribution in [3.63, 3.8) is 0 Å². The van der Waals surface area contributed by atoms with E-state index < -0.39 is 23.5 Å². The predicted molar refractivity (Wildman–Crippen MR) is 126 cm³/mol. The van der Waals surface area contributed by atoms with Crippen LogP contribution in [0, 0.1) is 5.92 Å². The summed E-state index contributed by atoms with van der Waals surface area (Å²) in [5.74, 6) is -1.51. The first-order chi connectivity index (χ1) is 16.5. The molecule has 7 heteroatoms. The molecular weight excluding hydrogens is 432 g/mol. The van der Waals surface area contributed by atoms with Gasteiger partial charge in [0.1, 0.15) is 12.1 Å². The second-order valence-corrected chi connectivity index (χ2v) is 9.76. The van der Waals surface area contributed by atoms with Crippen LogP contribution >= 0.6 is 0 Å². The smallest absolute Gasteiger partial charge is 0.408 e. The summed E-state index contributed by atoms with van der Waals surface area (Å²) in [7, 11) is 0. The van der Waals surface area contributed by atoms with Gasteiger partial charge in [-0.05, 0) is 60.8 Å². The number of fused-ring (bicyclic) bond motifs is 3. The lowest BCUT2D eigenvalue weighted by Crippen LogP contribution is -2.64. The molecule has 3 aliphatic carbocycles. The number of carboxylic acid groups (broad SMARTS) is 1. The molecule has 2 saturated carbocycles. The van der Waals surface area contributed by atoms with Gasteiger partial charge in [0.05, 0.1) is 5.92 Å². The van der Waals surface area contributed by atoms with E-state index in [1.807, 2.05) is 24.3 Å². The number of benzene rings is 2.